The number of nitrogens with zero attached hydrogens (tertiary/aromatic N) is 7. The van der Waals surface area contributed by atoms with Gasteiger partial charge in [0, 0.05) is 36.8 Å². The maximum absolute atomic E-state index is 13.3. The summed E-state index contributed by atoms with van der Waals surface area (Å²) in [5, 5.41) is 23.5. The van der Waals surface area contributed by atoms with E-state index in [9.17, 15) is 9.59 Å². The van der Waals surface area contributed by atoms with Gasteiger partial charge in [0.05, 0.1) is 44.1 Å². The molecule has 1 aromatic carbocycles. The van der Waals surface area contributed by atoms with Crippen LogP contribution in [0.25, 0.3) is 16.9 Å². The standard InChI is InChI=1S/C25H29N9O4/c1-15-5-6-17(23-29-31-34(30-23)18-13-32(14-18)25(36)38-4)9-21(15)28-24(35)19-11-27-33-12-16(2)20(10-22(19)33)26-7-8-37-3/h5-6,9-12,18,26H,7-8,13-14H2,1-4H3,(H,28,35). The van der Waals surface area contributed by atoms with Crippen molar-refractivity contribution in [2.75, 3.05) is 51.1 Å². The second kappa shape index (κ2) is 10.5. The predicted octanol–water partition coefficient (Wildman–Crippen LogP) is 2.54. The second-order valence-corrected chi connectivity index (χ2v) is 9.12. The van der Waals surface area contributed by atoms with Crippen LogP contribution in [0.4, 0.5) is 16.2 Å². The fraction of sp³-hybridized carbons (Fsp3) is 0.360. The average molecular weight is 520 g/mol. The molecule has 4 aromatic rings. The maximum Gasteiger partial charge on any atom is 0.409 e. The first-order valence-corrected chi connectivity index (χ1v) is 12.1. The van der Waals surface area contributed by atoms with Crippen LogP contribution in [0, 0.1) is 13.8 Å². The molecule has 198 valence electrons. The zero-order valence-electron chi connectivity index (χ0n) is 21.6. The summed E-state index contributed by atoms with van der Waals surface area (Å²) in [6, 6.07) is 7.45. The number of benzene rings is 1. The minimum atomic E-state index is -0.375. The maximum atomic E-state index is 13.3. The van der Waals surface area contributed by atoms with Gasteiger partial charge in [0.1, 0.15) is 6.04 Å². The van der Waals surface area contributed by atoms with Crippen molar-refractivity contribution in [1.82, 2.24) is 34.7 Å². The van der Waals surface area contributed by atoms with Gasteiger partial charge in [0.25, 0.3) is 5.91 Å². The van der Waals surface area contributed by atoms with Gasteiger partial charge in [-0.15, -0.1) is 10.2 Å². The molecule has 13 heteroatoms. The van der Waals surface area contributed by atoms with Crippen molar-refractivity contribution in [3.8, 4) is 11.4 Å². The average Bonchev–Trinajstić information content (AvgIpc) is 3.52. The van der Waals surface area contributed by atoms with Gasteiger partial charge in [-0.1, -0.05) is 12.1 Å². The third kappa shape index (κ3) is 4.87. The van der Waals surface area contributed by atoms with Crippen molar-refractivity contribution in [2.24, 2.45) is 0 Å². The molecule has 1 aliphatic heterocycles. The number of likely N-dealkylation sites (tertiary alicyclic amines) is 1. The van der Waals surface area contributed by atoms with E-state index in [-0.39, 0.29) is 18.0 Å². The number of rotatable bonds is 8. The van der Waals surface area contributed by atoms with E-state index in [1.807, 2.05) is 44.3 Å². The van der Waals surface area contributed by atoms with Crippen LogP contribution in [0.15, 0.2) is 36.7 Å². The number of aryl methyl sites for hydroxylation is 2. The lowest BCUT2D eigenvalue weighted by Gasteiger charge is -2.36. The monoisotopic (exact) mass is 519 g/mol. The molecule has 2 amide bonds. The van der Waals surface area contributed by atoms with Gasteiger partial charge in [-0.25, -0.2) is 9.31 Å². The highest BCUT2D eigenvalue weighted by Gasteiger charge is 2.34. The third-order valence-corrected chi connectivity index (χ3v) is 6.52. The van der Waals surface area contributed by atoms with Gasteiger partial charge in [0.15, 0.2) is 0 Å². The second-order valence-electron chi connectivity index (χ2n) is 9.12. The highest BCUT2D eigenvalue weighted by Crippen LogP contribution is 2.26. The van der Waals surface area contributed by atoms with Crippen molar-refractivity contribution >= 4 is 28.9 Å². The SMILES string of the molecule is COCCNc1cc2c(C(=O)Nc3cc(-c4nnn(C5CN(C(=O)OC)C5)n4)ccc3C)cnn2cc1C. The van der Waals surface area contributed by atoms with Crippen LogP contribution in [0.5, 0.6) is 0 Å². The first-order valence-electron chi connectivity index (χ1n) is 12.1. The fourth-order valence-electron chi connectivity index (χ4n) is 4.24. The Morgan fingerprint density at radius 3 is 2.68 bits per heavy atom. The van der Waals surface area contributed by atoms with E-state index in [0.717, 1.165) is 16.8 Å². The van der Waals surface area contributed by atoms with Crippen molar-refractivity contribution in [3.05, 3.63) is 53.3 Å². The summed E-state index contributed by atoms with van der Waals surface area (Å²) < 4.78 is 11.5. The largest absolute Gasteiger partial charge is 0.453 e. The molecule has 0 aliphatic carbocycles. The number of nitrogens with one attached hydrogen (secondary N) is 2. The minimum absolute atomic E-state index is 0.0619. The van der Waals surface area contributed by atoms with Crippen LogP contribution >= 0.6 is 0 Å². The smallest absolute Gasteiger partial charge is 0.409 e. The van der Waals surface area contributed by atoms with Gasteiger partial charge in [-0.2, -0.15) is 9.90 Å². The number of pyridine rings is 1. The van der Waals surface area contributed by atoms with Crippen molar-refractivity contribution in [2.45, 2.75) is 19.9 Å². The zero-order valence-corrected chi connectivity index (χ0v) is 21.6. The Bertz CT molecular complexity index is 1490. The van der Waals surface area contributed by atoms with Crippen LogP contribution < -0.4 is 10.6 Å². The minimum Gasteiger partial charge on any atom is -0.453 e. The summed E-state index contributed by atoms with van der Waals surface area (Å²) in [7, 11) is 3.01. The molecule has 0 unspecified atom stereocenters. The lowest BCUT2D eigenvalue weighted by Crippen LogP contribution is -2.51. The summed E-state index contributed by atoms with van der Waals surface area (Å²) in [5.41, 5.74) is 5.29. The highest BCUT2D eigenvalue weighted by atomic mass is 16.5. The number of carbonyl (C=O) groups is 2. The molecular formula is C25H29N9O4. The van der Waals surface area contributed by atoms with E-state index in [4.69, 9.17) is 9.47 Å². The number of carbonyl (C=O) groups excluding carboxylic acids is 2. The lowest BCUT2D eigenvalue weighted by atomic mass is 10.1. The Hall–Kier alpha value is -4.52. The Morgan fingerprint density at radius 2 is 1.92 bits per heavy atom. The van der Waals surface area contributed by atoms with E-state index >= 15 is 0 Å². The molecule has 1 aliphatic rings. The number of hydrogen-bond donors (Lipinski definition) is 2. The van der Waals surface area contributed by atoms with Crippen LogP contribution in [0.3, 0.4) is 0 Å². The summed E-state index contributed by atoms with van der Waals surface area (Å²) >= 11 is 0. The number of tetrazole rings is 1. The Balaban J connectivity index is 1.33. The normalized spacial score (nSPS) is 13.4. The molecule has 1 saturated heterocycles. The van der Waals surface area contributed by atoms with Crippen molar-refractivity contribution in [1.29, 1.82) is 0 Å². The number of aromatic nitrogens is 6. The summed E-state index contributed by atoms with van der Waals surface area (Å²) in [6.07, 6.45) is 3.07. The zero-order chi connectivity index (χ0) is 26.8. The Kier molecular flexibility index (Phi) is 6.92. The number of ether oxygens (including phenoxy) is 2. The van der Waals surface area contributed by atoms with Gasteiger partial charge in [-0.3, -0.25) is 4.79 Å². The van der Waals surface area contributed by atoms with Crippen molar-refractivity contribution < 1.29 is 19.1 Å². The molecule has 4 heterocycles. The summed E-state index contributed by atoms with van der Waals surface area (Å²) in [4.78, 5) is 28.0. The third-order valence-electron chi connectivity index (χ3n) is 6.52. The predicted molar refractivity (Wildman–Crippen MR) is 139 cm³/mol. The molecule has 5 rings (SSSR count). The van der Waals surface area contributed by atoms with Crippen molar-refractivity contribution in [3.63, 3.8) is 0 Å². The topological polar surface area (TPSA) is 141 Å². The highest BCUT2D eigenvalue weighted by molar-refractivity contribution is 6.09. The lowest BCUT2D eigenvalue weighted by molar-refractivity contribution is 0.0621. The van der Waals surface area contributed by atoms with Gasteiger partial charge < -0.3 is 25.0 Å². The molecular weight excluding hydrogens is 490 g/mol. The molecule has 13 nitrogen and oxygen atoms in total. The molecule has 0 spiro atoms. The van der Waals surface area contributed by atoms with Crippen LogP contribution in [-0.2, 0) is 9.47 Å². The van der Waals surface area contributed by atoms with Crippen LogP contribution in [0.2, 0.25) is 0 Å². The summed E-state index contributed by atoms with van der Waals surface area (Å²) in [5.74, 6) is 0.149. The number of hydrogen-bond acceptors (Lipinski definition) is 9. The fourth-order valence-corrected chi connectivity index (χ4v) is 4.24. The van der Waals surface area contributed by atoms with Gasteiger partial charge in [-0.05, 0) is 42.3 Å². The van der Waals surface area contributed by atoms with Gasteiger partial charge >= 0.3 is 6.09 Å². The number of fused-ring (bicyclic) bond motifs is 1. The number of methoxy groups -OCH3 is 2. The van der Waals surface area contributed by atoms with E-state index in [1.54, 1.807) is 22.7 Å². The molecule has 3 aromatic heterocycles. The van der Waals surface area contributed by atoms with Gasteiger partial charge in [0.2, 0.25) is 5.82 Å². The molecule has 38 heavy (non-hydrogen) atoms. The van der Waals surface area contributed by atoms with E-state index < -0.39 is 0 Å². The number of anilines is 2. The quantitative estimate of drug-likeness (QED) is 0.336. The van der Waals surface area contributed by atoms with Crippen LogP contribution in [0.1, 0.15) is 27.5 Å². The molecule has 1 fully saturated rings. The summed E-state index contributed by atoms with van der Waals surface area (Å²) in [6.45, 7) is 6.03. The molecule has 0 saturated carbocycles. The Labute approximate surface area is 218 Å². The molecule has 0 atom stereocenters. The van der Waals surface area contributed by atoms with E-state index in [1.165, 1.54) is 11.9 Å². The van der Waals surface area contributed by atoms with Crippen LogP contribution in [-0.4, -0.2) is 87.2 Å². The van der Waals surface area contributed by atoms with E-state index in [0.29, 0.717) is 54.4 Å². The first-order chi connectivity index (χ1) is 18.4. The van der Waals surface area contributed by atoms with E-state index in [2.05, 4.69) is 31.1 Å². The molecule has 0 radical (unpaired) electrons. The Morgan fingerprint density at radius 1 is 1.11 bits per heavy atom. The molecule has 2 N–H and O–H groups in total. The first kappa shape index (κ1) is 25.1. The number of amides is 2. The molecule has 0 bridgehead atoms.